The zero-order chi connectivity index (χ0) is 22.8. The Balaban J connectivity index is 5.78. The lowest BCUT2D eigenvalue weighted by Crippen LogP contribution is -2.68. The maximum Gasteiger partial charge on any atom is 0.474 e. The lowest BCUT2D eigenvalue weighted by atomic mass is 9.95. The summed E-state index contributed by atoms with van der Waals surface area (Å²) in [7, 11) is 0. The largest absolute Gasteiger partial charge is 0.474 e. The molecule has 0 radical (unpaired) electrons. The van der Waals surface area contributed by atoms with E-state index in [0.717, 1.165) is 0 Å². The molecule has 0 aromatic rings. The number of ether oxygens (including phenoxy) is 1. The number of halogens is 13. The first-order chi connectivity index (χ1) is 12.2. The number of unbranched alkanes of at least 4 members (excludes halogenated alkanes) is 1. The van der Waals surface area contributed by atoms with Gasteiger partial charge in [-0.15, -0.1) is 0 Å². The van der Waals surface area contributed by atoms with Crippen LogP contribution in [-0.4, -0.2) is 48.6 Å². The van der Waals surface area contributed by atoms with Gasteiger partial charge in [-0.1, -0.05) is 13.3 Å². The smallest absolute Gasteiger partial charge is 0.379 e. The van der Waals surface area contributed by atoms with Crippen LogP contribution in [0.2, 0.25) is 0 Å². The first-order valence-corrected chi connectivity index (χ1v) is 7.09. The summed E-state index contributed by atoms with van der Waals surface area (Å²) >= 11 is 0. The van der Waals surface area contributed by atoms with Crippen molar-refractivity contribution in [3.63, 3.8) is 0 Å². The minimum absolute atomic E-state index is 0.0644. The minimum atomic E-state index is -7.76. The fraction of sp³-hybridized carbons (Fsp3) is 0.917. The van der Waals surface area contributed by atoms with Gasteiger partial charge in [-0.2, -0.15) is 57.1 Å². The molecule has 1 N–H and O–H groups in total. The molecule has 3 nitrogen and oxygen atoms in total. The highest BCUT2D eigenvalue weighted by Gasteiger charge is 2.88. The Bertz CT molecular complexity index is 544. The van der Waals surface area contributed by atoms with Gasteiger partial charge in [0.2, 0.25) is 0 Å². The van der Waals surface area contributed by atoms with E-state index in [1.165, 1.54) is 12.2 Å². The summed E-state index contributed by atoms with van der Waals surface area (Å²) < 4.78 is 170. The highest BCUT2D eigenvalue weighted by Crippen LogP contribution is 2.58. The lowest BCUT2D eigenvalue weighted by molar-refractivity contribution is -0.438. The van der Waals surface area contributed by atoms with Crippen LogP contribution >= 0.6 is 0 Å². The van der Waals surface area contributed by atoms with Gasteiger partial charge in [-0.3, -0.25) is 0 Å². The first-order valence-electron chi connectivity index (χ1n) is 7.09. The SMILES string of the molecule is CCCCNC(=O)OC(F)(F)C(F)(F)C(F)(F)C(F)(F)C(F)(F)CC(F)(F)F. The molecule has 0 saturated carbocycles. The van der Waals surface area contributed by atoms with Gasteiger partial charge in [0.25, 0.3) is 0 Å². The van der Waals surface area contributed by atoms with Crippen molar-refractivity contribution in [2.45, 2.75) is 62.2 Å². The van der Waals surface area contributed by atoms with E-state index in [2.05, 4.69) is 4.74 Å². The van der Waals surface area contributed by atoms with Crippen LogP contribution in [0, 0.1) is 0 Å². The van der Waals surface area contributed by atoms with Crippen molar-refractivity contribution in [3.8, 4) is 0 Å². The van der Waals surface area contributed by atoms with Crippen LogP contribution in [-0.2, 0) is 4.74 Å². The van der Waals surface area contributed by atoms with E-state index in [9.17, 15) is 61.9 Å². The van der Waals surface area contributed by atoms with Crippen molar-refractivity contribution in [3.05, 3.63) is 0 Å². The molecular weight excluding hydrogens is 437 g/mol. The monoisotopic (exact) mass is 449 g/mol. The predicted molar refractivity (Wildman–Crippen MR) is 64.8 cm³/mol. The number of nitrogens with one attached hydrogen (secondary N) is 1. The summed E-state index contributed by atoms with van der Waals surface area (Å²) in [5.74, 6) is -29.8. The molecule has 16 heteroatoms. The van der Waals surface area contributed by atoms with Crippen molar-refractivity contribution in [1.29, 1.82) is 0 Å². The lowest BCUT2D eigenvalue weighted by Gasteiger charge is -2.38. The number of alkyl carbamates (subject to hydrolysis) is 1. The number of hydrogen-bond acceptors (Lipinski definition) is 2. The molecule has 0 aliphatic carbocycles. The maximum atomic E-state index is 13.3. The van der Waals surface area contributed by atoms with E-state index >= 15 is 0 Å². The summed E-state index contributed by atoms with van der Waals surface area (Å²) in [6, 6.07) is 0. The molecule has 168 valence electrons. The molecule has 0 spiro atoms. The van der Waals surface area contributed by atoms with Crippen molar-refractivity contribution in [2.75, 3.05) is 6.54 Å². The number of hydrogen-bond donors (Lipinski definition) is 1. The van der Waals surface area contributed by atoms with E-state index < -0.39 is 55.0 Å². The zero-order valence-electron chi connectivity index (χ0n) is 13.6. The second kappa shape index (κ2) is 8.00. The maximum absolute atomic E-state index is 13.3. The second-order valence-electron chi connectivity index (χ2n) is 5.41. The summed E-state index contributed by atoms with van der Waals surface area (Å²) in [5.41, 5.74) is 0. The van der Waals surface area contributed by atoms with Crippen LogP contribution in [0.4, 0.5) is 61.9 Å². The number of rotatable bonds is 9. The summed E-state index contributed by atoms with van der Waals surface area (Å²) in [6.45, 7) is 1.02. The molecule has 0 aromatic heterocycles. The van der Waals surface area contributed by atoms with Gasteiger partial charge in [0.15, 0.2) is 0 Å². The normalized spacial score (nSPS) is 14.8. The Morgan fingerprint density at radius 3 is 1.64 bits per heavy atom. The molecule has 0 rings (SSSR count). The molecule has 0 unspecified atom stereocenters. The molecule has 0 aliphatic heterocycles. The Morgan fingerprint density at radius 1 is 0.786 bits per heavy atom. The van der Waals surface area contributed by atoms with E-state index in [0.29, 0.717) is 6.42 Å². The van der Waals surface area contributed by atoms with Gasteiger partial charge in [0, 0.05) is 6.54 Å². The average molecular weight is 449 g/mol. The van der Waals surface area contributed by atoms with E-state index in [1.54, 1.807) is 0 Å². The third kappa shape index (κ3) is 5.24. The highest BCUT2D eigenvalue weighted by molar-refractivity contribution is 5.67. The zero-order valence-corrected chi connectivity index (χ0v) is 13.6. The van der Waals surface area contributed by atoms with Gasteiger partial charge in [0.05, 0.1) is 0 Å². The van der Waals surface area contributed by atoms with Crippen LogP contribution in [0.15, 0.2) is 0 Å². The van der Waals surface area contributed by atoms with Crippen molar-refractivity contribution in [2.24, 2.45) is 0 Å². The van der Waals surface area contributed by atoms with Crippen LogP contribution in [0.25, 0.3) is 0 Å². The third-order valence-electron chi connectivity index (χ3n) is 3.06. The molecule has 28 heavy (non-hydrogen) atoms. The van der Waals surface area contributed by atoms with Gasteiger partial charge in [0.1, 0.15) is 6.42 Å². The molecule has 0 fully saturated rings. The minimum Gasteiger partial charge on any atom is -0.379 e. The highest BCUT2D eigenvalue weighted by atomic mass is 19.4. The molecule has 0 aromatic carbocycles. The summed E-state index contributed by atoms with van der Waals surface area (Å²) in [4.78, 5) is 10.9. The Kier molecular flexibility index (Phi) is 7.54. The van der Waals surface area contributed by atoms with E-state index in [1.807, 2.05) is 0 Å². The van der Waals surface area contributed by atoms with Crippen molar-refractivity contribution < 1.29 is 66.6 Å². The fourth-order valence-corrected chi connectivity index (χ4v) is 1.56. The topological polar surface area (TPSA) is 38.3 Å². The number of carbonyl (C=O) groups is 1. The van der Waals surface area contributed by atoms with Crippen molar-refractivity contribution in [1.82, 2.24) is 5.32 Å². The van der Waals surface area contributed by atoms with E-state index in [4.69, 9.17) is 0 Å². The summed E-state index contributed by atoms with van der Waals surface area (Å²) in [6.07, 6.45) is -19.1. The molecule has 0 atom stereocenters. The third-order valence-corrected chi connectivity index (χ3v) is 3.06. The second-order valence-corrected chi connectivity index (χ2v) is 5.41. The molecule has 0 saturated heterocycles. The van der Waals surface area contributed by atoms with Crippen LogP contribution in [0.5, 0.6) is 0 Å². The van der Waals surface area contributed by atoms with Gasteiger partial charge in [-0.25, -0.2) is 4.79 Å². The molecule has 0 heterocycles. The fourth-order valence-electron chi connectivity index (χ4n) is 1.56. The van der Waals surface area contributed by atoms with Crippen LogP contribution in [0.1, 0.15) is 26.2 Å². The van der Waals surface area contributed by atoms with Crippen molar-refractivity contribution >= 4 is 6.09 Å². The first kappa shape index (κ1) is 26.4. The summed E-state index contributed by atoms with van der Waals surface area (Å²) in [5, 5.41) is 1.36. The van der Waals surface area contributed by atoms with Gasteiger partial charge >= 0.3 is 42.1 Å². The Morgan fingerprint density at radius 2 is 1.25 bits per heavy atom. The average Bonchev–Trinajstić information content (AvgIpc) is 2.43. The number of carbonyl (C=O) groups excluding carboxylic acids is 1. The molecular formula is C12H12F13NO2. The molecule has 1 amide bonds. The van der Waals surface area contributed by atoms with Gasteiger partial charge in [-0.05, 0) is 6.42 Å². The Hall–Kier alpha value is -1.64. The van der Waals surface area contributed by atoms with Crippen LogP contribution < -0.4 is 5.32 Å². The van der Waals surface area contributed by atoms with Gasteiger partial charge < -0.3 is 10.1 Å². The number of alkyl halides is 13. The number of amides is 1. The molecule has 0 bridgehead atoms. The quantitative estimate of drug-likeness (QED) is 0.368. The standard InChI is InChI=1S/C12H12F13NO2/c1-2-3-4-26-6(27)28-12(24,25)11(22,23)10(20,21)9(18,19)7(13,14)5-8(15,16)17/h2-5H2,1H3,(H,26,27). The van der Waals surface area contributed by atoms with Crippen LogP contribution in [0.3, 0.4) is 0 Å². The predicted octanol–water partition coefficient (Wildman–Crippen LogP) is 5.60. The molecule has 0 aliphatic rings. The van der Waals surface area contributed by atoms with E-state index in [-0.39, 0.29) is 6.42 Å². The Labute approximate surface area is 148 Å².